The summed E-state index contributed by atoms with van der Waals surface area (Å²) in [6, 6.07) is 0.519. The first kappa shape index (κ1) is 18.1. The fourth-order valence-corrected chi connectivity index (χ4v) is 3.11. The lowest BCUT2D eigenvalue weighted by atomic mass is 9.85. The predicted molar refractivity (Wildman–Crippen MR) is 82.4 cm³/mol. The molecule has 0 bridgehead atoms. The van der Waals surface area contributed by atoms with Gasteiger partial charge in [0.15, 0.2) is 0 Å². The van der Waals surface area contributed by atoms with Gasteiger partial charge in [-0.2, -0.15) is 11.8 Å². The first-order chi connectivity index (χ1) is 8.13. The second-order valence-corrected chi connectivity index (χ2v) is 6.41. The van der Waals surface area contributed by atoms with Crippen molar-refractivity contribution < 1.29 is 4.79 Å². The minimum Gasteiger partial charge on any atom is -0.353 e. The first-order valence-corrected chi connectivity index (χ1v) is 7.92. The van der Waals surface area contributed by atoms with E-state index in [0.29, 0.717) is 6.04 Å². The zero-order valence-corrected chi connectivity index (χ0v) is 13.1. The van der Waals surface area contributed by atoms with Gasteiger partial charge in [0.05, 0.1) is 0 Å². The lowest BCUT2D eigenvalue weighted by molar-refractivity contribution is -0.126. The van der Waals surface area contributed by atoms with Crippen LogP contribution in [0.3, 0.4) is 0 Å². The van der Waals surface area contributed by atoms with E-state index in [1.807, 2.05) is 11.8 Å². The third kappa shape index (κ3) is 6.86. The Morgan fingerprint density at radius 1 is 1.50 bits per heavy atom. The average Bonchev–Trinajstić information content (AvgIpc) is 2.29. The lowest BCUT2D eigenvalue weighted by Gasteiger charge is -2.27. The van der Waals surface area contributed by atoms with E-state index >= 15 is 0 Å². The number of rotatable bonds is 6. The molecule has 1 saturated carbocycles. The molecular weight excluding hydrogens is 268 g/mol. The highest BCUT2D eigenvalue weighted by atomic mass is 35.5. The normalized spacial score (nSPS) is 25.1. The zero-order chi connectivity index (χ0) is 12.7. The molecule has 1 rings (SSSR count). The third-order valence-electron chi connectivity index (χ3n) is 3.37. The van der Waals surface area contributed by atoms with E-state index in [0.717, 1.165) is 43.6 Å². The number of halogens is 1. The van der Waals surface area contributed by atoms with E-state index in [1.54, 1.807) is 0 Å². The Hall–Kier alpha value is 0.0700. The Morgan fingerprint density at radius 2 is 2.22 bits per heavy atom. The number of nitrogens with one attached hydrogen (secondary N) is 1. The van der Waals surface area contributed by atoms with Crippen LogP contribution in [0.4, 0.5) is 0 Å². The Kier molecular flexibility index (Phi) is 9.97. The van der Waals surface area contributed by atoms with Crippen LogP contribution in [0, 0.1) is 5.92 Å². The van der Waals surface area contributed by atoms with Crippen molar-refractivity contribution in [3.63, 3.8) is 0 Å². The van der Waals surface area contributed by atoms with Gasteiger partial charge in [0.2, 0.25) is 5.91 Å². The first-order valence-electron chi connectivity index (χ1n) is 6.77. The van der Waals surface area contributed by atoms with Crippen LogP contribution in [-0.2, 0) is 4.79 Å². The van der Waals surface area contributed by atoms with Gasteiger partial charge in [-0.25, -0.2) is 0 Å². The summed E-state index contributed by atoms with van der Waals surface area (Å²) in [7, 11) is 0. The molecule has 0 radical (unpaired) electrons. The highest BCUT2D eigenvalue weighted by Gasteiger charge is 2.25. The number of amides is 1. The molecule has 0 heterocycles. The number of hydrogen-bond acceptors (Lipinski definition) is 3. The Morgan fingerprint density at radius 3 is 2.83 bits per heavy atom. The molecule has 1 amide bonds. The summed E-state index contributed by atoms with van der Waals surface area (Å²) in [6.07, 6.45) is 5.10. The van der Waals surface area contributed by atoms with E-state index in [1.165, 1.54) is 0 Å². The molecule has 0 spiro atoms. The van der Waals surface area contributed by atoms with Crippen molar-refractivity contribution in [1.82, 2.24) is 5.32 Å². The molecule has 0 aromatic carbocycles. The van der Waals surface area contributed by atoms with Crippen LogP contribution in [0.25, 0.3) is 0 Å². The molecule has 3 nitrogen and oxygen atoms in total. The van der Waals surface area contributed by atoms with Gasteiger partial charge >= 0.3 is 0 Å². The summed E-state index contributed by atoms with van der Waals surface area (Å²) >= 11 is 1.93. The molecule has 18 heavy (non-hydrogen) atoms. The van der Waals surface area contributed by atoms with Gasteiger partial charge in [-0.3, -0.25) is 4.79 Å². The maximum absolute atomic E-state index is 12.0. The van der Waals surface area contributed by atoms with Crippen molar-refractivity contribution in [2.24, 2.45) is 11.7 Å². The molecule has 0 aromatic heterocycles. The average molecular weight is 295 g/mol. The smallest absolute Gasteiger partial charge is 0.223 e. The van der Waals surface area contributed by atoms with Crippen molar-refractivity contribution in [2.45, 2.75) is 58.0 Å². The Labute approximate surface area is 121 Å². The number of carbonyl (C=O) groups excluding carboxylic acids is 1. The van der Waals surface area contributed by atoms with Gasteiger partial charge < -0.3 is 11.1 Å². The maximum atomic E-state index is 12.0. The van der Waals surface area contributed by atoms with Gasteiger partial charge in [0.25, 0.3) is 0 Å². The lowest BCUT2D eigenvalue weighted by Crippen LogP contribution is -2.41. The quantitative estimate of drug-likeness (QED) is 0.740. The fourth-order valence-electron chi connectivity index (χ4n) is 2.30. The number of nitrogens with two attached hydrogens (primary N) is 1. The van der Waals surface area contributed by atoms with E-state index in [2.05, 4.69) is 19.2 Å². The standard InChI is InChI=1S/C13H26N2OS.ClH/c1-3-17-8-7-10(2)15-13(16)11-5-4-6-12(14)9-11;/h10-12H,3-9,14H2,1-2H3,(H,15,16);1H. The number of thioether (sulfide) groups is 1. The third-order valence-corrected chi connectivity index (χ3v) is 4.31. The van der Waals surface area contributed by atoms with Crippen molar-refractivity contribution >= 4 is 30.1 Å². The Bertz CT molecular complexity index is 241. The number of carbonyl (C=O) groups is 1. The zero-order valence-electron chi connectivity index (χ0n) is 11.5. The molecule has 0 aliphatic heterocycles. The van der Waals surface area contributed by atoms with Gasteiger partial charge in [-0.1, -0.05) is 13.3 Å². The molecule has 3 unspecified atom stereocenters. The van der Waals surface area contributed by atoms with Crippen molar-refractivity contribution in [2.75, 3.05) is 11.5 Å². The number of hydrogen-bond donors (Lipinski definition) is 2. The topological polar surface area (TPSA) is 55.1 Å². The molecule has 1 aliphatic carbocycles. The SMILES string of the molecule is CCSCCC(C)NC(=O)C1CCCC(N)C1.Cl. The van der Waals surface area contributed by atoms with Crippen LogP contribution in [0.2, 0.25) is 0 Å². The monoisotopic (exact) mass is 294 g/mol. The summed E-state index contributed by atoms with van der Waals surface area (Å²) < 4.78 is 0. The fraction of sp³-hybridized carbons (Fsp3) is 0.923. The van der Waals surface area contributed by atoms with Gasteiger partial charge in [0.1, 0.15) is 0 Å². The highest BCUT2D eigenvalue weighted by molar-refractivity contribution is 7.99. The summed E-state index contributed by atoms with van der Waals surface area (Å²) in [5, 5.41) is 3.12. The molecule has 3 atom stereocenters. The van der Waals surface area contributed by atoms with Gasteiger partial charge in [0, 0.05) is 18.0 Å². The van der Waals surface area contributed by atoms with Crippen LogP contribution in [0.1, 0.15) is 46.0 Å². The molecule has 1 aliphatic rings. The maximum Gasteiger partial charge on any atom is 0.223 e. The molecule has 0 aromatic rings. The highest BCUT2D eigenvalue weighted by Crippen LogP contribution is 2.23. The van der Waals surface area contributed by atoms with Crippen molar-refractivity contribution in [1.29, 1.82) is 0 Å². The van der Waals surface area contributed by atoms with Gasteiger partial charge in [-0.15, -0.1) is 12.4 Å². The van der Waals surface area contributed by atoms with E-state index in [4.69, 9.17) is 5.73 Å². The largest absolute Gasteiger partial charge is 0.353 e. The van der Waals surface area contributed by atoms with E-state index in [9.17, 15) is 4.79 Å². The molecule has 3 N–H and O–H groups in total. The van der Waals surface area contributed by atoms with E-state index < -0.39 is 0 Å². The summed E-state index contributed by atoms with van der Waals surface area (Å²) in [4.78, 5) is 12.0. The predicted octanol–water partition coefficient (Wildman–Crippen LogP) is 2.57. The molecular formula is C13H27ClN2OS. The van der Waals surface area contributed by atoms with Crippen molar-refractivity contribution in [3.8, 4) is 0 Å². The summed E-state index contributed by atoms with van der Waals surface area (Å²) in [6.45, 7) is 4.26. The second kappa shape index (κ2) is 9.93. The summed E-state index contributed by atoms with van der Waals surface area (Å²) in [5.41, 5.74) is 5.91. The molecule has 0 saturated heterocycles. The van der Waals surface area contributed by atoms with Crippen LogP contribution in [-0.4, -0.2) is 29.5 Å². The Balaban J connectivity index is 0.00000289. The molecule has 5 heteroatoms. The van der Waals surface area contributed by atoms with Crippen LogP contribution < -0.4 is 11.1 Å². The van der Waals surface area contributed by atoms with Crippen LogP contribution in [0.15, 0.2) is 0 Å². The minimum absolute atomic E-state index is 0. The summed E-state index contributed by atoms with van der Waals surface area (Å²) in [5.74, 6) is 2.65. The van der Waals surface area contributed by atoms with Crippen LogP contribution in [0.5, 0.6) is 0 Å². The van der Waals surface area contributed by atoms with E-state index in [-0.39, 0.29) is 30.3 Å². The van der Waals surface area contributed by atoms with Crippen molar-refractivity contribution in [3.05, 3.63) is 0 Å². The van der Waals surface area contributed by atoms with Gasteiger partial charge in [-0.05, 0) is 44.1 Å². The molecule has 108 valence electrons. The minimum atomic E-state index is 0. The second-order valence-electron chi connectivity index (χ2n) is 5.02. The molecule has 1 fully saturated rings. The van der Waals surface area contributed by atoms with Crippen LogP contribution >= 0.6 is 24.2 Å².